The molecule has 1 aromatic heterocycles. The molecule has 6 rings (SSSR count). The Morgan fingerprint density at radius 1 is 0.879 bits per heavy atom. The molecule has 66 heavy (non-hydrogen) atoms. The summed E-state index contributed by atoms with van der Waals surface area (Å²) in [5.41, 5.74) is -0.193. The summed E-state index contributed by atoms with van der Waals surface area (Å²) in [5, 5.41) is 82.7. The average Bonchev–Trinajstić information content (AvgIpc) is 3.27. The van der Waals surface area contributed by atoms with E-state index in [-0.39, 0.29) is 56.0 Å². The Balaban J connectivity index is 1.20. The fourth-order valence-corrected chi connectivity index (χ4v) is 9.71. The predicted octanol–water partition coefficient (Wildman–Crippen LogP) is -0.301. The van der Waals surface area contributed by atoms with E-state index in [0.717, 1.165) is 32.1 Å². The number of phenols is 1. The van der Waals surface area contributed by atoms with E-state index in [4.69, 9.17) is 28.1 Å². The molecule has 21 nitrogen and oxygen atoms in total. The molecule has 3 amide bonds. The summed E-state index contributed by atoms with van der Waals surface area (Å²) in [7, 11) is 0. The van der Waals surface area contributed by atoms with Gasteiger partial charge < -0.3 is 79.8 Å². The van der Waals surface area contributed by atoms with Crippen LogP contribution >= 0.6 is 0 Å². The second kappa shape index (κ2) is 23.1. The van der Waals surface area contributed by atoms with Crippen molar-refractivity contribution in [3.05, 3.63) is 40.2 Å². The SMILES string of the molecule is CCC1CC(C(=O)NCCNC(=O)Cc2cc(=O)oc3cc(O)ccc23)C[C@@H](O[C@@H]2OC(CO)C(O)C(O[C@@H](CC3CCCCC3)C(=O)O)C2NC(C)=O)C1OC1O[C@@H](C)C(O)C(O)[C@@H]1O. The normalized spacial score (nSPS) is 33.5. The molecule has 368 valence electrons. The van der Waals surface area contributed by atoms with E-state index in [2.05, 4.69) is 16.0 Å². The number of carboxylic acids is 1. The Kier molecular flexibility index (Phi) is 17.9. The van der Waals surface area contributed by atoms with E-state index in [1.165, 1.54) is 38.1 Å². The van der Waals surface area contributed by atoms with Crippen molar-refractivity contribution >= 4 is 34.7 Å². The molecule has 2 aliphatic carbocycles. The molecule has 10 unspecified atom stereocenters. The van der Waals surface area contributed by atoms with Crippen LogP contribution in [0.5, 0.6) is 5.75 Å². The van der Waals surface area contributed by atoms with Gasteiger partial charge in [0.05, 0.1) is 31.3 Å². The van der Waals surface area contributed by atoms with E-state index in [1.807, 2.05) is 6.92 Å². The summed E-state index contributed by atoms with van der Waals surface area (Å²) < 4.78 is 36.2. The molecule has 2 saturated heterocycles. The Morgan fingerprint density at radius 3 is 2.29 bits per heavy atom. The van der Waals surface area contributed by atoms with Crippen molar-refractivity contribution in [3.63, 3.8) is 0 Å². The first-order chi connectivity index (χ1) is 31.5. The number of ether oxygens (including phenoxy) is 5. The number of carbonyl (C=O) groups excluding carboxylic acids is 3. The third-order valence-electron chi connectivity index (χ3n) is 13.2. The monoisotopic (exact) mass is 935 g/mol. The lowest BCUT2D eigenvalue weighted by atomic mass is 9.75. The molecule has 3 heterocycles. The molecule has 2 aliphatic heterocycles. The van der Waals surface area contributed by atoms with Crippen LogP contribution < -0.4 is 21.6 Å². The number of hydrogen-bond acceptors (Lipinski definition) is 17. The van der Waals surface area contributed by atoms with Crippen LogP contribution in [0.3, 0.4) is 0 Å². The number of carboxylic acid groups (broad SMARTS) is 1. The van der Waals surface area contributed by atoms with Gasteiger partial charge in [0.1, 0.15) is 54.0 Å². The predicted molar refractivity (Wildman–Crippen MR) is 229 cm³/mol. The summed E-state index contributed by atoms with van der Waals surface area (Å²) in [4.78, 5) is 64.4. The highest BCUT2D eigenvalue weighted by Gasteiger charge is 2.53. The Hall–Kier alpha value is -4.29. The van der Waals surface area contributed by atoms with Gasteiger partial charge in [0.2, 0.25) is 17.7 Å². The second-order valence-electron chi connectivity index (χ2n) is 18.0. The summed E-state index contributed by atoms with van der Waals surface area (Å²) >= 11 is 0. The molecule has 10 N–H and O–H groups in total. The van der Waals surface area contributed by atoms with Crippen molar-refractivity contribution < 1.29 is 83.0 Å². The maximum Gasteiger partial charge on any atom is 0.336 e. The summed E-state index contributed by atoms with van der Waals surface area (Å²) in [6.07, 6.45) is -11.6. The third-order valence-corrected chi connectivity index (χ3v) is 13.2. The number of amides is 3. The summed E-state index contributed by atoms with van der Waals surface area (Å²) in [6, 6.07) is 4.05. The van der Waals surface area contributed by atoms with Crippen molar-refractivity contribution in [2.75, 3.05) is 19.7 Å². The molecular weight excluding hydrogens is 870 g/mol. The van der Waals surface area contributed by atoms with Crippen LogP contribution in [0.1, 0.15) is 84.1 Å². The molecule has 2 saturated carbocycles. The van der Waals surface area contributed by atoms with Gasteiger partial charge in [-0.05, 0) is 55.7 Å². The van der Waals surface area contributed by atoms with Crippen molar-refractivity contribution in [2.45, 2.75) is 165 Å². The zero-order chi connectivity index (χ0) is 47.8. The number of carbonyl (C=O) groups is 4. The molecule has 15 atom stereocenters. The highest BCUT2D eigenvalue weighted by Crippen LogP contribution is 2.40. The van der Waals surface area contributed by atoms with Gasteiger partial charge in [0.25, 0.3) is 0 Å². The molecule has 2 aromatic rings. The molecule has 0 radical (unpaired) electrons. The lowest BCUT2D eigenvalue weighted by Crippen LogP contribution is -2.67. The minimum atomic E-state index is -1.70. The number of aliphatic hydroxyl groups is 5. The average molecular weight is 936 g/mol. The Bertz CT molecular complexity index is 2030. The Morgan fingerprint density at radius 2 is 1.61 bits per heavy atom. The van der Waals surface area contributed by atoms with E-state index < -0.39 is 127 Å². The van der Waals surface area contributed by atoms with Crippen molar-refractivity contribution in [2.24, 2.45) is 17.8 Å². The molecular formula is C45H65N3O18. The van der Waals surface area contributed by atoms with Crippen LogP contribution in [-0.2, 0) is 49.3 Å². The van der Waals surface area contributed by atoms with E-state index in [1.54, 1.807) is 0 Å². The van der Waals surface area contributed by atoms with Crippen LogP contribution in [0.25, 0.3) is 11.0 Å². The highest BCUT2D eigenvalue weighted by atomic mass is 16.7. The Labute approximate surface area is 381 Å². The number of hydrogen-bond donors (Lipinski definition) is 10. The topological polar surface area (TPSA) is 322 Å². The highest BCUT2D eigenvalue weighted by molar-refractivity contribution is 5.87. The first-order valence-corrected chi connectivity index (χ1v) is 22.9. The van der Waals surface area contributed by atoms with E-state index >= 15 is 0 Å². The maximum atomic E-state index is 13.9. The van der Waals surface area contributed by atoms with Gasteiger partial charge in [-0.25, -0.2) is 9.59 Å². The van der Waals surface area contributed by atoms with Gasteiger partial charge >= 0.3 is 11.6 Å². The quantitative estimate of drug-likeness (QED) is 0.0678. The summed E-state index contributed by atoms with van der Waals surface area (Å²) in [5.74, 6) is -4.04. The number of aromatic hydroxyl groups is 1. The largest absolute Gasteiger partial charge is 0.508 e. The minimum absolute atomic E-state index is 0.00606. The fourth-order valence-electron chi connectivity index (χ4n) is 9.71. The summed E-state index contributed by atoms with van der Waals surface area (Å²) in [6.45, 7) is 3.81. The number of aliphatic hydroxyl groups excluding tert-OH is 5. The zero-order valence-electron chi connectivity index (χ0n) is 37.4. The molecule has 0 bridgehead atoms. The van der Waals surface area contributed by atoms with Crippen molar-refractivity contribution in [1.29, 1.82) is 0 Å². The number of rotatable bonds is 18. The first-order valence-electron chi connectivity index (χ1n) is 22.9. The van der Waals surface area contributed by atoms with Gasteiger partial charge in [-0.2, -0.15) is 0 Å². The molecule has 0 spiro atoms. The maximum absolute atomic E-state index is 13.9. The lowest BCUT2D eigenvalue weighted by molar-refractivity contribution is -0.338. The molecule has 4 fully saturated rings. The third kappa shape index (κ3) is 12.6. The molecule has 4 aliphatic rings. The van der Waals surface area contributed by atoms with Crippen LogP contribution in [0.15, 0.2) is 33.5 Å². The zero-order valence-corrected chi connectivity index (χ0v) is 37.4. The second-order valence-corrected chi connectivity index (χ2v) is 18.0. The lowest BCUT2D eigenvalue weighted by Gasteiger charge is -2.49. The molecule has 21 heteroatoms. The van der Waals surface area contributed by atoms with Gasteiger partial charge in [0, 0.05) is 43.5 Å². The van der Waals surface area contributed by atoms with Crippen molar-refractivity contribution in [1.82, 2.24) is 16.0 Å². The van der Waals surface area contributed by atoms with Crippen LogP contribution in [0.2, 0.25) is 0 Å². The number of phenolic OH excluding ortho intramolecular Hbond substituents is 1. The van der Waals surface area contributed by atoms with Gasteiger partial charge in [-0.15, -0.1) is 0 Å². The molecule has 1 aromatic carbocycles. The van der Waals surface area contributed by atoms with Crippen molar-refractivity contribution in [3.8, 4) is 5.75 Å². The first kappa shape index (κ1) is 51.1. The number of fused-ring (bicyclic) bond motifs is 1. The van der Waals surface area contributed by atoms with Gasteiger partial charge in [-0.1, -0.05) is 45.4 Å². The minimum Gasteiger partial charge on any atom is -0.508 e. The number of aliphatic carboxylic acids is 1. The van der Waals surface area contributed by atoms with Gasteiger partial charge in [-0.3, -0.25) is 14.4 Å². The van der Waals surface area contributed by atoms with Gasteiger partial charge in [0.15, 0.2) is 18.7 Å². The smallest absolute Gasteiger partial charge is 0.336 e. The van der Waals surface area contributed by atoms with E-state index in [9.17, 15) is 59.7 Å². The number of benzene rings is 1. The fraction of sp³-hybridized carbons (Fsp3) is 0.711. The standard InChI is InChI=1S/C45H65N3O18/c1-4-24-15-26(42(58)47-13-12-46-33(52)17-25-18-34(53)62-29-19-27(51)10-11-28(25)29)16-30(40(24)66-45-39(57)38(56)36(54)21(2)61-45)64-44-35(48-22(3)50)41(37(55)32(20-49)65-44)63-31(43(59)60)14-23-8-6-5-7-9-23/h10-11,18-19,21,23-24,26,30-32,35-41,44-45,49,51,54-57H,4-9,12-17,20H2,1-3H3,(H,46,52)(H,47,58)(H,48,50)(H,59,60)/t21-,24?,26?,30+,31-,32?,35?,36?,37?,38?,39-,40?,41?,44+,45?/m0/s1. The number of nitrogens with one attached hydrogen (secondary N) is 3. The van der Waals surface area contributed by atoms with Crippen LogP contribution in [0, 0.1) is 17.8 Å². The van der Waals surface area contributed by atoms with Crippen LogP contribution in [0.4, 0.5) is 0 Å². The van der Waals surface area contributed by atoms with Crippen LogP contribution in [-0.4, -0.2) is 159 Å². The van der Waals surface area contributed by atoms with E-state index in [0.29, 0.717) is 17.4 Å².